The van der Waals surface area contributed by atoms with E-state index in [0.29, 0.717) is 11.1 Å². The Morgan fingerprint density at radius 3 is 2.57 bits per heavy atom. The first-order chi connectivity index (χ1) is 14.5. The first-order valence-corrected chi connectivity index (χ1v) is 9.48. The van der Waals surface area contributed by atoms with Crippen LogP contribution < -0.4 is 4.74 Å². The smallest absolute Gasteiger partial charge is 0.340 e. The Kier molecular flexibility index (Phi) is 6.05. The zero-order valence-corrected chi connectivity index (χ0v) is 16.2. The van der Waals surface area contributed by atoms with Gasteiger partial charge in [0.2, 0.25) is 0 Å². The van der Waals surface area contributed by atoms with Crippen LogP contribution in [0.2, 0.25) is 0 Å². The molecule has 9 heteroatoms. The molecule has 0 radical (unpaired) electrons. The minimum atomic E-state index is -1.35. The van der Waals surface area contributed by atoms with Gasteiger partial charge in [-0.25, -0.2) is 4.79 Å². The van der Waals surface area contributed by atoms with E-state index in [-0.39, 0.29) is 19.0 Å². The van der Waals surface area contributed by atoms with Gasteiger partial charge in [0, 0.05) is 19.3 Å². The van der Waals surface area contributed by atoms with Crippen molar-refractivity contribution in [1.82, 2.24) is 4.98 Å². The summed E-state index contributed by atoms with van der Waals surface area (Å²) in [5, 5.41) is 10.5. The van der Waals surface area contributed by atoms with Crippen molar-refractivity contribution in [2.24, 2.45) is 0 Å². The second-order valence-electron chi connectivity index (χ2n) is 6.94. The number of hydrogen-bond donors (Lipinski definition) is 1. The fourth-order valence-corrected chi connectivity index (χ4v) is 3.51. The van der Waals surface area contributed by atoms with Gasteiger partial charge in [-0.15, -0.1) is 0 Å². The van der Waals surface area contributed by atoms with Gasteiger partial charge in [-0.1, -0.05) is 18.2 Å². The van der Waals surface area contributed by atoms with Crippen LogP contribution in [0.4, 0.5) is 0 Å². The van der Waals surface area contributed by atoms with Gasteiger partial charge in [0.25, 0.3) is 0 Å². The summed E-state index contributed by atoms with van der Waals surface area (Å²) in [4.78, 5) is 27.5. The van der Waals surface area contributed by atoms with Crippen molar-refractivity contribution >= 4 is 11.9 Å². The topological polar surface area (TPSA) is 113 Å². The van der Waals surface area contributed by atoms with Gasteiger partial charge >= 0.3 is 11.9 Å². The summed E-state index contributed by atoms with van der Waals surface area (Å²) in [5.41, 5.74) is 0.651. The largest absolute Gasteiger partial charge is 0.453 e. The Morgan fingerprint density at radius 2 is 1.83 bits per heavy atom. The molecule has 0 saturated carbocycles. The molecule has 3 heterocycles. The molecule has 5 atom stereocenters. The molecule has 2 fully saturated rings. The molecule has 2 aliphatic rings. The van der Waals surface area contributed by atoms with Crippen molar-refractivity contribution in [2.75, 3.05) is 13.2 Å². The van der Waals surface area contributed by atoms with Crippen LogP contribution in [0.5, 0.6) is 5.75 Å². The summed E-state index contributed by atoms with van der Waals surface area (Å²) >= 11 is 0. The molecule has 1 aromatic carbocycles. The Labute approximate surface area is 172 Å². The second kappa shape index (κ2) is 8.88. The monoisotopic (exact) mass is 415 g/mol. The predicted molar refractivity (Wildman–Crippen MR) is 101 cm³/mol. The lowest BCUT2D eigenvalue weighted by Gasteiger charge is -2.22. The van der Waals surface area contributed by atoms with Gasteiger partial charge in [-0.3, -0.25) is 9.78 Å². The van der Waals surface area contributed by atoms with Gasteiger partial charge in [0.05, 0.1) is 24.3 Å². The zero-order chi connectivity index (χ0) is 21.1. The molecule has 30 heavy (non-hydrogen) atoms. The highest BCUT2D eigenvalue weighted by atomic mass is 16.7. The normalized spacial score (nSPS) is 26.1. The molecule has 0 amide bonds. The number of aromatic nitrogens is 1. The fourth-order valence-electron chi connectivity index (χ4n) is 3.51. The van der Waals surface area contributed by atoms with E-state index >= 15 is 0 Å². The highest BCUT2D eigenvalue weighted by Gasteiger charge is 2.50. The Morgan fingerprint density at radius 1 is 1.10 bits per heavy atom. The van der Waals surface area contributed by atoms with E-state index in [1.165, 1.54) is 13.1 Å². The van der Waals surface area contributed by atoms with Crippen molar-refractivity contribution in [3.05, 3.63) is 59.9 Å². The number of benzene rings is 1. The molecule has 0 aliphatic carbocycles. The van der Waals surface area contributed by atoms with Gasteiger partial charge in [0.1, 0.15) is 24.1 Å². The molecule has 9 nitrogen and oxygen atoms in total. The van der Waals surface area contributed by atoms with Gasteiger partial charge in [0.15, 0.2) is 12.4 Å². The third-order valence-electron chi connectivity index (χ3n) is 4.86. The quantitative estimate of drug-likeness (QED) is 0.425. The average Bonchev–Trinajstić information content (AvgIpc) is 3.32. The molecule has 158 valence electrons. The number of rotatable bonds is 6. The minimum absolute atomic E-state index is 0.154. The van der Waals surface area contributed by atoms with Crippen LogP contribution in [-0.2, 0) is 23.7 Å². The van der Waals surface area contributed by atoms with Crippen LogP contribution in [0.15, 0.2) is 48.8 Å². The Bertz CT molecular complexity index is 905. The summed E-state index contributed by atoms with van der Waals surface area (Å²) < 4.78 is 27.8. The number of esters is 2. The molecular formula is C21H21NO8. The number of hydrogen-bond acceptors (Lipinski definition) is 9. The standard InChI is InChI=1S/C21H21NO8/c1-12(23)28-15-7-3-2-6-14(15)21(25)30-17-11-27-18-16(10-26-19(17)18)29-20(24)13-5-4-8-22-9-13/h2-9,16-19,21,25H,10-11H2,1H3/t16?,17-,18?,19+,21?/m0/s1. The van der Waals surface area contributed by atoms with Crippen LogP contribution in [0.1, 0.15) is 29.1 Å². The van der Waals surface area contributed by atoms with E-state index in [0.717, 1.165) is 0 Å². The van der Waals surface area contributed by atoms with E-state index in [1.54, 1.807) is 42.6 Å². The van der Waals surface area contributed by atoms with E-state index in [9.17, 15) is 14.7 Å². The molecule has 2 aliphatic heterocycles. The number of para-hydroxylation sites is 1. The average molecular weight is 415 g/mol. The maximum atomic E-state index is 12.3. The lowest BCUT2D eigenvalue weighted by Crippen LogP contribution is -2.35. The number of pyridine rings is 1. The summed E-state index contributed by atoms with van der Waals surface area (Å²) in [6, 6.07) is 9.81. The maximum absolute atomic E-state index is 12.3. The van der Waals surface area contributed by atoms with Crippen molar-refractivity contribution < 1.29 is 38.4 Å². The molecule has 2 aromatic rings. The van der Waals surface area contributed by atoms with Crippen LogP contribution in [0, 0.1) is 0 Å². The number of carbonyl (C=O) groups excluding carboxylic acids is 2. The third kappa shape index (κ3) is 4.34. The van der Waals surface area contributed by atoms with Gasteiger partial charge < -0.3 is 28.8 Å². The SMILES string of the molecule is CC(=O)Oc1ccccc1C(O)O[C@H]1COC2C(OC(=O)c3cccnc3)CO[C@@H]21. The van der Waals surface area contributed by atoms with Crippen molar-refractivity contribution in [3.63, 3.8) is 0 Å². The molecule has 1 N–H and O–H groups in total. The maximum Gasteiger partial charge on any atom is 0.340 e. The number of ether oxygens (including phenoxy) is 5. The van der Waals surface area contributed by atoms with E-state index < -0.39 is 42.6 Å². The number of carbonyl (C=O) groups is 2. The van der Waals surface area contributed by atoms with Crippen LogP contribution in [0.3, 0.4) is 0 Å². The lowest BCUT2D eigenvalue weighted by atomic mass is 10.1. The van der Waals surface area contributed by atoms with E-state index in [1.807, 2.05) is 0 Å². The first-order valence-electron chi connectivity index (χ1n) is 9.48. The van der Waals surface area contributed by atoms with Gasteiger partial charge in [-0.2, -0.15) is 0 Å². The summed E-state index contributed by atoms with van der Waals surface area (Å²) in [5.74, 6) is -0.805. The van der Waals surface area contributed by atoms with Crippen molar-refractivity contribution in [3.8, 4) is 5.75 Å². The molecule has 0 spiro atoms. The van der Waals surface area contributed by atoms with E-state index in [2.05, 4.69) is 4.98 Å². The van der Waals surface area contributed by atoms with Crippen LogP contribution in [-0.4, -0.2) is 59.7 Å². The van der Waals surface area contributed by atoms with E-state index in [4.69, 9.17) is 23.7 Å². The highest BCUT2D eigenvalue weighted by molar-refractivity contribution is 5.89. The Hall–Kier alpha value is -2.85. The predicted octanol–water partition coefficient (Wildman–Crippen LogP) is 1.41. The van der Waals surface area contributed by atoms with Crippen LogP contribution in [0.25, 0.3) is 0 Å². The van der Waals surface area contributed by atoms with Crippen molar-refractivity contribution in [1.29, 1.82) is 0 Å². The summed E-state index contributed by atoms with van der Waals surface area (Å²) in [6.07, 6.45) is -0.557. The molecule has 3 unspecified atom stereocenters. The third-order valence-corrected chi connectivity index (χ3v) is 4.86. The summed E-state index contributed by atoms with van der Waals surface area (Å²) in [7, 11) is 0. The fraction of sp³-hybridized carbons (Fsp3) is 0.381. The molecule has 2 saturated heterocycles. The Balaban J connectivity index is 1.38. The molecule has 0 bridgehead atoms. The highest BCUT2D eigenvalue weighted by Crippen LogP contribution is 2.34. The number of aliphatic hydroxyl groups excluding tert-OH is 1. The summed E-state index contributed by atoms with van der Waals surface area (Å²) in [6.45, 7) is 1.59. The zero-order valence-electron chi connectivity index (χ0n) is 16.2. The van der Waals surface area contributed by atoms with Gasteiger partial charge in [-0.05, 0) is 18.2 Å². The second-order valence-corrected chi connectivity index (χ2v) is 6.94. The number of fused-ring (bicyclic) bond motifs is 1. The van der Waals surface area contributed by atoms with Crippen molar-refractivity contribution in [2.45, 2.75) is 37.6 Å². The first kappa shape index (κ1) is 20.4. The molecule has 4 rings (SSSR count). The minimum Gasteiger partial charge on any atom is -0.453 e. The van der Waals surface area contributed by atoms with Crippen LogP contribution >= 0.6 is 0 Å². The molecule has 1 aromatic heterocycles. The number of nitrogens with zero attached hydrogens (tertiary/aromatic N) is 1. The lowest BCUT2D eigenvalue weighted by molar-refractivity contribution is -0.163. The number of aliphatic hydroxyl groups is 1. The molecular weight excluding hydrogens is 394 g/mol.